The summed E-state index contributed by atoms with van der Waals surface area (Å²) in [5.41, 5.74) is 2.14. The van der Waals surface area contributed by atoms with Crippen LogP contribution in [0.2, 0.25) is 0 Å². The third-order valence-electron chi connectivity index (χ3n) is 5.85. The molecule has 0 N–H and O–H groups in total. The molecule has 1 heterocycles. The number of piperazine rings is 1. The van der Waals surface area contributed by atoms with Crippen molar-refractivity contribution in [3.05, 3.63) is 53.6 Å². The van der Waals surface area contributed by atoms with Crippen molar-refractivity contribution in [3.8, 4) is 17.2 Å². The molecule has 0 saturated carbocycles. The summed E-state index contributed by atoms with van der Waals surface area (Å²) in [6.07, 6.45) is 2.24. The van der Waals surface area contributed by atoms with E-state index in [1.807, 2.05) is 52.3 Å². The fourth-order valence-corrected chi connectivity index (χ4v) is 3.85. The van der Waals surface area contributed by atoms with E-state index in [0.717, 1.165) is 16.9 Å². The number of methoxy groups -OCH3 is 3. The van der Waals surface area contributed by atoms with E-state index in [0.29, 0.717) is 63.4 Å². The molecule has 3 rings (SSSR count). The van der Waals surface area contributed by atoms with Crippen LogP contribution in [0.3, 0.4) is 0 Å². The quantitative estimate of drug-likeness (QED) is 0.600. The molecule has 2 amide bonds. The van der Waals surface area contributed by atoms with Gasteiger partial charge in [-0.2, -0.15) is 0 Å². The van der Waals surface area contributed by atoms with Crippen LogP contribution in [-0.4, -0.2) is 69.1 Å². The number of carbonyl (C=O) groups excluding carboxylic acids is 2. The highest BCUT2D eigenvalue weighted by Gasteiger charge is 2.23. The van der Waals surface area contributed by atoms with Gasteiger partial charge in [0.15, 0.2) is 11.5 Å². The van der Waals surface area contributed by atoms with Crippen LogP contribution in [0.5, 0.6) is 17.2 Å². The molecule has 0 aromatic heterocycles. The molecule has 0 unspecified atom stereocenters. The van der Waals surface area contributed by atoms with E-state index in [4.69, 9.17) is 14.2 Å². The van der Waals surface area contributed by atoms with Crippen molar-refractivity contribution >= 4 is 11.8 Å². The first-order chi connectivity index (χ1) is 15.5. The molecule has 32 heavy (non-hydrogen) atoms. The smallest absolute Gasteiger partial charge is 0.223 e. The maximum absolute atomic E-state index is 12.6. The Morgan fingerprint density at radius 3 is 1.69 bits per heavy atom. The average Bonchev–Trinajstić information content (AvgIpc) is 2.85. The van der Waals surface area contributed by atoms with Crippen molar-refractivity contribution < 1.29 is 23.8 Å². The molecule has 0 spiro atoms. The second kappa shape index (κ2) is 11.4. The van der Waals surface area contributed by atoms with Gasteiger partial charge in [-0.1, -0.05) is 18.2 Å². The van der Waals surface area contributed by atoms with Crippen LogP contribution >= 0.6 is 0 Å². The second-order valence-electron chi connectivity index (χ2n) is 7.80. The predicted molar refractivity (Wildman–Crippen MR) is 122 cm³/mol. The fraction of sp³-hybridized carbons (Fsp3) is 0.440. The van der Waals surface area contributed by atoms with Gasteiger partial charge in [-0.15, -0.1) is 0 Å². The molecule has 1 aliphatic heterocycles. The van der Waals surface area contributed by atoms with Crippen LogP contribution in [0.4, 0.5) is 0 Å². The molecule has 1 fully saturated rings. The Balaban J connectivity index is 1.41. The zero-order valence-electron chi connectivity index (χ0n) is 19.1. The molecule has 0 radical (unpaired) electrons. The Morgan fingerprint density at radius 1 is 0.688 bits per heavy atom. The summed E-state index contributed by atoms with van der Waals surface area (Å²) in [5, 5.41) is 0. The molecular weight excluding hydrogens is 408 g/mol. The lowest BCUT2D eigenvalue weighted by molar-refractivity contribution is -0.139. The lowest BCUT2D eigenvalue weighted by Crippen LogP contribution is -2.50. The van der Waals surface area contributed by atoms with Gasteiger partial charge in [-0.25, -0.2) is 0 Å². The Hall–Kier alpha value is -3.22. The number of rotatable bonds is 9. The molecule has 2 aromatic rings. The monoisotopic (exact) mass is 440 g/mol. The van der Waals surface area contributed by atoms with Crippen LogP contribution in [0, 0.1) is 0 Å². The molecule has 172 valence electrons. The van der Waals surface area contributed by atoms with Crippen molar-refractivity contribution in [2.45, 2.75) is 25.7 Å². The lowest BCUT2D eigenvalue weighted by atomic mass is 10.1. The minimum Gasteiger partial charge on any atom is -0.497 e. The van der Waals surface area contributed by atoms with Gasteiger partial charge in [0, 0.05) is 39.0 Å². The summed E-state index contributed by atoms with van der Waals surface area (Å²) in [6, 6.07) is 13.5. The normalized spacial score (nSPS) is 13.6. The predicted octanol–water partition coefficient (Wildman–Crippen LogP) is 2.95. The highest BCUT2D eigenvalue weighted by atomic mass is 16.5. The van der Waals surface area contributed by atoms with Gasteiger partial charge in [-0.05, 0) is 48.2 Å². The van der Waals surface area contributed by atoms with Crippen LogP contribution in [0.25, 0.3) is 0 Å². The third kappa shape index (κ3) is 6.15. The summed E-state index contributed by atoms with van der Waals surface area (Å²) in [7, 11) is 4.84. The molecule has 0 atom stereocenters. The average molecular weight is 441 g/mol. The number of carbonyl (C=O) groups is 2. The van der Waals surface area contributed by atoms with Gasteiger partial charge in [0.05, 0.1) is 21.3 Å². The van der Waals surface area contributed by atoms with Gasteiger partial charge in [-0.3, -0.25) is 9.59 Å². The maximum Gasteiger partial charge on any atom is 0.223 e. The number of ether oxygens (including phenoxy) is 3. The summed E-state index contributed by atoms with van der Waals surface area (Å²) in [5.74, 6) is 2.41. The highest BCUT2D eigenvalue weighted by molar-refractivity contribution is 5.78. The minimum absolute atomic E-state index is 0.116. The molecular formula is C25H32N2O5. The number of aryl methyl sites for hydroxylation is 2. The van der Waals surface area contributed by atoms with E-state index in [-0.39, 0.29) is 11.8 Å². The van der Waals surface area contributed by atoms with Crippen LogP contribution in [0.1, 0.15) is 24.0 Å². The largest absolute Gasteiger partial charge is 0.497 e. The molecule has 7 nitrogen and oxygen atoms in total. The first-order valence-corrected chi connectivity index (χ1v) is 10.9. The van der Waals surface area contributed by atoms with Gasteiger partial charge in [0.1, 0.15) is 5.75 Å². The van der Waals surface area contributed by atoms with E-state index in [2.05, 4.69) is 0 Å². The van der Waals surface area contributed by atoms with Gasteiger partial charge in [0.25, 0.3) is 0 Å². The van der Waals surface area contributed by atoms with Crippen molar-refractivity contribution in [2.24, 2.45) is 0 Å². The van der Waals surface area contributed by atoms with Crippen LogP contribution in [0.15, 0.2) is 42.5 Å². The van der Waals surface area contributed by atoms with Crippen molar-refractivity contribution in [1.29, 1.82) is 0 Å². The van der Waals surface area contributed by atoms with E-state index < -0.39 is 0 Å². The standard InChI is InChI=1S/C25H32N2O5/c1-30-21-9-4-19(5-10-21)7-12-24(28)26-14-16-27(17-15-26)25(29)13-8-20-6-11-22(31-2)23(18-20)32-3/h4-6,9-11,18H,7-8,12-17H2,1-3H3. The van der Waals surface area contributed by atoms with E-state index >= 15 is 0 Å². The van der Waals surface area contributed by atoms with E-state index in [9.17, 15) is 9.59 Å². The zero-order valence-corrected chi connectivity index (χ0v) is 19.1. The number of benzene rings is 2. The lowest BCUT2D eigenvalue weighted by Gasteiger charge is -2.35. The molecule has 0 aliphatic carbocycles. The molecule has 1 aliphatic rings. The first-order valence-electron chi connectivity index (χ1n) is 10.9. The maximum atomic E-state index is 12.6. The molecule has 7 heteroatoms. The van der Waals surface area contributed by atoms with Crippen molar-refractivity contribution in [1.82, 2.24) is 9.80 Å². The summed E-state index contributed by atoms with van der Waals surface area (Å²) in [4.78, 5) is 28.9. The zero-order chi connectivity index (χ0) is 22.9. The SMILES string of the molecule is COc1ccc(CCC(=O)N2CCN(C(=O)CCc3ccc(OC)c(OC)c3)CC2)cc1. The highest BCUT2D eigenvalue weighted by Crippen LogP contribution is 2.28. The van der Waals surface area contributed by atoms with E-state index in [1.54, 1.807) is 21.3 Å². The third-order valence-corrected chi connectivity index (χ3v) is 5.85. The van der Waals surface area contributed by atoms with Gasteiger partial charge in [0.2, 0.25) is 11.8 Å². The minimum atomic E-state index is 0.116. The second-order valence-corrected chi connectivity index (χ2v) is 7.80. The van der Waals surface area contributed by atoms with Crippen molar-refractivity contribution in [2.75, 3.05) is 47.5 Å². The molecule has 2 aromatic carbocycles. The Labute approximate surface area is 189 Å². The van der Waals surface area contributed by atoms with E-state index in [1.165, 1.54) is 0 Å². The van der Waals surface area contributed by atoms with Gasteiger partial charge < -0.3 is 24.0 Å². The van der Waals surface area contributed by atoms with Crippen LogP contribution < -0.4 is 14.2 Å². The van der Waals surface area contributed by atoms with Crippen molar-refractivity contribution in [3.63, 3.8) is 0 Å². The summed E-state index contributed by atoms with van der Waals surface area (Å²) in [6.45, 7) is 2.34. The molecule has 1 saturated heterocycles. The topological polar surface area (TPSA) is 68.3 Å². The van der Waals surface area contributed by atoms with Crippen LogP contribution in [-0.2, 0) is 22.4 Å². The Bertz CT molecular complexity index is 905. The number of hydrogen-bond acceptors (Lipinski definition) is 5. The summed E-state index contributed by atoms with van der Waals surface area (Å²) < 4.78 is 15.7. The Morgan fingerprint density at radius 2 is 1.19 bits per heavy atom. The summed E-state index contributed by atoms with van der Waals surface area (Å²) >= 11 is 0. The number of amides is 2. The fourth-order valence-electron chi connectivity index (χ4n) is 3.85. The van der Waals surface area contributed by atoms with Gasteiger partial charge >= 0.3 is 0 Å². The Kier molecular flexibility index (Phi) is 8.36. The first kappa shape index (κ1) is 23.4. The number of hydrogen-bond donors (Lipinski definition) is 0. The molecule has 0 bridgehead atoms. The number of nitrogens with zero attached hydrogens (tertiary/aromatic N) is 2.